The lowest BCUT2D eigenvalue weighted by Crippen LogP contribution is -2.36. The highest BCUT2D eigenvalue weighted by Crippen LogP contribution is 1.98. The molecule has 12 heteroatoms. The van der Waals surface area contributed by atoms with E-state index in [0.717, 1.165) is 4.57 Å². The van der Waals surface area contributed by atoms with Crippen LogP contribution in [-0.4, -0.2) is 38.6 Å². The molecule has 0 unspecified atom stereocenters. The van der Waals surface area contributed by atoms with E-state index in [-0.39, 0.29) is 16.8 Å². The van der Waals surface area contributed by atoms with Gasteiger partial charge in [-0.3, -0.25) is 28.7 Å². The van der Waals surface area contributed by atoms with Crippen LogP contribution in [0.15, 0.2) is 31.8 Å². The maximum Gasteiger partial charge on any atom is 0.332 e. The highest BCUT2D eigenvalue weighted by atomic mass is 16.2. The Morgan fingerprint density at radius 1 is 0.960 bits per heavy atom. The summed E-state index contributed by atoms with van der Waals surface area (Å²) in [6.45, 7) is 0. The fourth-order valence-corrected chi connectivity index (χ4v) is 2.31. The molecule has 0 aromatic carbocycles. The normalized spacial score (nSPS) is 10.8. The molecule has 0 saturated heterocycles. The Kier molecular flexibility index (Phi) is 3.71. The summed E-state index contributed by atoms with van der Waals surface area (Å²) in [5, 5.41) is 0. The number of hydrogen-bond donors (Lipinski definition) is 3. The van der Waals surface area contributed by atoms with Crippen molar-refractivity contribution in [1.82, 2.24) is 38.6 Å². The van der Waals surface area contributed by atoms with E-state index >= 15 is 0 Å². The number of nitrogens with one attached hydrogen (secondary N) is 3. The molecule has 4 rings (SSSR count). The molecule has 0 aliphatic heterocycles. The predicted molar refractivity (Wildman–Crippen MR) is 88.5 cm³/mol. The van der Waals surface area contributed by atoms with Gasteiger partial charge in [0, 0.05) is 21.1 Å². The van der Waals surface area contributed by atoms with E-state index in [2.05, 4.69) is 24.9 Å². The van der Waals surface area contributed by atoms with Gasteiger partial charge in [-0.05, 0) is 0 Å². The molecule has 0 saturated carbocycles. The third-order valence-electron chi connectivity index (χ3n) is 3.64. The number of nitrogens with zero attached hydrogens (tertiary/aromatic N) is 5. The van der Waals surface area contributed by atoms with Crippen molar-refractivity contribution in [3.8, 4) is 0 Å². The van der Waals surface area contributed by atoms with Gasteiger partial charge in [0.1, 0.15) is 11.2 Å². The highest BCUT2D eigenvalue weighted by molar-refractivity contribution is 5.69. The molecule has 0 aliphatic carbocycles. The van der Waals surface area contributed by atoms with Crippen molar-refractivity contribution in [2.45, 2.75) is 0 Å². The minimum Gasteiger partial charge on any atom is -0.339 e. The molecular weight excluding hydrogens is 332 g/mol. The third-order valence-corrected chi connectivity index (χ3v) is 3.64. The van der Waals surface area contributed by atoms with Crippen LogP contribution >= 0.6 is 0 Å². The average molecular weight is 346 g/mol. The van der Waals surface area contributed by atoms with Gasteiger partial charge in [0.15, 0.2) is 11.2 Å². The van der Waals surface area contributed by atoms with Crippen molar-refractivity contribution in [2.75, 3.05) is 0 Å². The van der Waals surface area contributed by atoms with Gasteiger partial charge in [-0.15, -0.1) is 0 Å². The molecule has 0 bridgehead atoms. The summed E-state index contributed by atoms with van der Waals surface area (Å²) < 4.78 is 3.94. The number of aryl methyl sites for hydroxylation is 2. The van der Waals surface area contributed by atoms with Crippen LogP contribution in [0.1, 0.15) is 0 Å². The fourth-order valence-electron chi connectivity index (χ4n) is 2.31. The second-order valence-electron chi connectivity index (χ2n) is 5.27. The maximum absolute atomic E-state index is 11.4. The lowest BCUT2D eigenvalue weighted by molar-refractivity contribution is 0.709. The first kappa shape index (κ1) is 16.2. The van der Waals surface area contributed by atoms with E-state index in [9.17, 15) is 19.2 Å². The molecule has 0 spiro atoms. The second-order valence-corrected chi connectivity index (χ2v) is 5.27. The lowest BCUT2D eigenvalue weighted by Gasteiger charge is -2.00. The molecule has 4 aromatic rings. The number of H-pyrrole nitrogens is 3. The minimum atomic E-state index is -0.517. The van der Waals surface area contributed by atoms with Gasteiger partial charge < -0.3 is 9.55 Å². The predicted octanol–water partition coefficient (Wildman–Crippen LogP) is -2.09. The zero-order chi connectivity index (χ0) is 18.3. The summed E-state index contributed by atoms with van der Waals surface area (Å²) in [7, 11) is 4.71. The topological polar surface area (TPSA) is 156 Å². The van der Waals surface area contributed by atoms with Crippen LogP contribution in [0.3, 0.4) is 0 Å². The minimum absolute atomic E-state index is 0.247. The first-order chi connectivity index (χ1) is 11.8. The van der Waals surface area contributed by atoms with Crippen LogP contribution in [0, 0.1) is 0 Å². The van der Waals surface area contributed by atoms with E-state index in [4.69, 9.17) is 0 Å². The molecule has 4 aromatic heterocycles. The van der Waals surface area contributed by atoms with E-state index in [1.54, 1.807) is 18.7 Å². The van der Waals surface area contributed by atoms with Gasteiger partial charge in [-0.1, -0.05) is 0 Å². The number of fused-ring (bicyclic) bond motifs is 2. The van der Waals surface area contributed by atoms with Gasteiger partial charge in [0.05, 0.1) is 12.7 Å². The van der Waals surface area contributed by atoms with Gasteiger partial charge >= 0.3 is 11.4 Å². The summed E-state index contributed by atoms with van der Waals surface area (Å²) in [4.78, 5) is 59.6. The van der Waals surface area contributed by atoms with E-state index in [0.29, 0.717) is 16.8 Å². The SMILES string of the molecule is Cn1c(=O)c2[nH]cnc2n(C)c1=O.Cn1cnc2c(=O)[nH]c(=O)[nH]c21. The molecule has 0 fully saturated rings. The van der Waals surface area contributed by atoms with E-state index in [1.165, 1.54) is 24.3 Å². The van der Waals surface area contributed by atoms with Crippen LogP contribution in [0.4, 0.5) is 0 Å². The standard InChI is InChI=1S/C7H8N4O2.C6H6N4O2/c1-10-5-4(8-3-9-5)6(12)11(2)7(10)13;1-10-2-7-3-4(10)8-6(12)9-5(3)11/h3H,1-2H3,(H,8,9);2H,1H3,(H2,8,9,11,12). The van der Waals surface area contributed by atoms with Crippen molar-refractivity contribution in [3.63, 3.8) is 0 Å². The van der Waals surface area contributed by atoms with Crippen LogP contribution < -0.4 is 22.5 Å². The zero-order valence-corrected chi connectivity index (χ0v) is 13.5. The summed E-state index contributed by atoms with van der Waals surface area (Å²) in [6.07, 6.45) is 2.86. The fraction of sp³-hybridized carbons (Fsp3) is 0.231. The maximum atomic E-state index is 11.4. The molecule has 130 valence electrons. The first-order valence-corrected chi connectivity index (χ1v) is 7.04. The van der Waals surface area contributed by atoms with Crippen LogP contribution in [0.25, 0.3) is 22.3 Å². The second kappa shape index (κ2) is 5.74. The molecular formula is C13H14N8O4. The number of imidazole rings is 2. The van der Waals surface area contributed by atoms with Gasteiger partial charge in [-0.2, -0.15) is 0 Å². The molecule has 3 N–H and O–H groups in total. The lowest BCUT2D eigenvalue weighted by atomic mass is 10.5. The smallest absolute Gasteiger partial charge is 0.332 e. The van der Waals surface area contributed by atoms with Crippen molar-refractivity contribution >= 4 is 22.3 Å². The third kappa shape index (κ3) is 2.58. The summed E-state index contributed by atoms with van der Waals surface area (Å²) in [5.74, 6) is 0. The van der Waals surface area contributed by atoms with E-state index < -0.39 is 11.2 Å². The van der Waals surface area contributed by atoms with Crippen LogP contribution in [0.2, 0.25) is 0 Å². The molecule has 25 heavy (non-hydrogen) atoms. The first-order valence-electron chi connectivity index (χ1n) is 7.04. The Balaban J connectivity index is 0.000000146. The number of aromatic amines is 3. The highest BCUT2D eigenvalue weighted by Gasteiger charge is 2.09. The Bertz CT molecular complexity index is 1310. The largest absolute Gasteiger partial charge is 0.339 e. The molecule has 0 radical (unpaired) electrons. The number of aromatic nitrogens is 8. The van der Waals surface area contributed by atoms with Crippen LogP contribution in [-0.2, 0) is 21.1 Å². The van der Waals surface area contributed by atoms with Crippen LogP contribution in [0.5, 0.6) is 0 Å². The summed E-state index contributed by atoms with van der Waals surface area (Å²) in [5.41, 5.74) is -0.288. The summed E-state index contributed by atoms with van der Waals surface area (Å²) in [6, 6.07) is 0. The molecule has 12 nitrogen and oxygen atoms in total. The summed E-state index contributed by atoms with van der Waals surface area (Å²) >= 11 is 0. The van der Waals surface area contributed by atoms with Crippen molar-refractivity contribution in [1.29, 1.82) is 0 Å². The number of rotatable bonds is 0. The molecule has 0 aliphatic rings. The quantitative estimate of drug-likeness (QED) is 0.331. The van der Waals surface area contributed by atoms with Gasteiger partial charge in [-0.25, -0.2) is 19.6 Å². The Morgan fingerprint density at radius 2 is 1.68 bits per heavy atom. The molecule has 0 amide bonds. The zero-order valence-electron chi connectivity index (χ0n) is 13.5. The van der Waals surface area contributed by atoms with Crippen molar-refractivity contribution < 1.29 is 0 Å². The van der Waals surface area contributed by atoms with Gasteiger partial charge in [0.2, 0.25) is 0 Å². The van der Waals surface area contributed by atoms with Crippen molar-refractivity contribution in [2.24, 2.45) is 21.1 Å². The molecule has 4 heterocycles. The Labute approximate surface area is 137 Å². The van der Waals surface area contributed by atoms with Crippen molar-refractivity contribution in [3.05, 3.63) is 54.3 Å². The van der Waals surface area contributed by atoms with Gasteiger partial charge in [0.25, 0.3) is 11.1 Å². The van der Waals surface area contributed by atoms with E-state index in [1.807, 2.05) is 0 Å². The Morgan fingerprint density at radius 3 is 2.40 bits per heavy atom. The molecule has 0 atom stereocenters. The number of hydrogen-bond acceptors (Lipinski definition) is 6. The monoisotopic (exact) mass is 346 g/mol. The average Bonchev–Trinajstić information content (AvgIpc) is 3.19. The Hall–Kier alpha value is -3.70.